The molecule has 4 nitrogen and oxygen atoms in total. The van der Waals surface area contributed by atoms with Crippen LogP contribution in [0.1, 0.15) is 31.7 Å². The van der Waals surface area contributed by atoms with Crippen LogP contribution in [0.5, 0.6) is 0 Å². The summed E-state index contributed by atoms with van der Waals surface area (Å²) in [6.45, 7) is 5.07. The Balaban J connectivity index is 1.99. The van der Waals surface area contributed by atoms with Crippen LogP contribution in [0, 0.1) is 5.92 Å². The smallest absolute Gasteiger partial charge is 0.123 e. The van der Waals surface area contributed by atoms with E-state index in [1.165, 1.54) is 5.56 Å². The van der Waals surface area contributed by atoms with Crippen LogP contribution < -0.4 is 11.1 Å². The fourth-order valence-corrected chi connectivity index (χ4v) is 2.73. The van der Waals surface area contributed by atoms with Crippen LogP contribution in [-0.2, 0) is 11.2 Å². The summed E-state index contributed by atoms with van der Waals surface area (Å²) >= 11 is 0. The van der Waals surface area contributed by atoms with Gasteiger partial charge >= 0.3 is 0 Å². The number of nitrogens with zero attached hydrogens (tertiary/aromatic N) is 1. The van der Waals surface area contributed by atoms with Gasteiger partial charge in [-0.15, -0.1) is 0 Å². The lowest BCUT2D eigenvalue weighted by molar-refractivity contribution is 0.0538. The van der Waals surface area contributed by atoms with Gasteiger partial charge in [0.15, 0.2) is 0 Å². The Kier molecular flexibility index (Phi) is 5.61. The van der Waals surface area contributed by atoms with Crippen LogP contribution in [0.15, 0.2) is 18.3 Å². The molecular formula is C15H25N3O. The minimum atomic E-state index is 0.519. The lowest BCUT2D eigenvalue weighted by atomic mass is 9.87. The van der Waals surface area contributed by atoms with E-state index in [1.54, 1.807) is 6.20 Å². The average molecular weight is 263 g/mol. The minimum absolute atomic E-state index is 0.519. The lowest BCUT2D eigenvalue weighted by Crippen LogP contribution is -2.41. The molecule has 106 valence electrons. The molecule has 1 aromatic rings. The third-order valence-corrected chi connectivity index (χ3v) is 3.79. The molecule has 0 amide bonds. The number of ether oxygens (including phenoxy) is 1. The molecular weight excluding hydrogens is 238 g/mol. The van der Waals surface area contributed by atoms with Gasteiger partial charge in [0.2, 0.25) is 0 Å². The summed E-state index contributed by atoms with van der Waals surface area (Å²) in [6, 6.07) is 4.57. The van der Waals surface area contributed by atoms with Crippen molar-refractivity contribution in [3.63, 3.8) is 0 Å². The fraction of sp³-hybridized carbons (Fsp3) is 0.667. The molecule has 1 unspecified atom stereocenters. The summed E-state index contributed by atoms with van der Waals surface area (Å²) < 4.78 is 5.47. The van der Waals surface area contributed by atoms with Crippen molar-refractivity contribution in [3.05, 3.63) is 23.9 Å². The Morgan fingerprint density at radius 1 is 1.47 bits per heavy atom. The van der Waals surface area contributed by atoms with E-state index in [0.29, 0.717) is 17.8 Å². The van der Waals surface area contributed by atoms with E-state index in [-0.39, 0.29) is 0 Å². The van der Waals surface area contributed by atoms with Crippen LogP contribution in [0.4, 0.5) is 5.82 Å². The maximum absolute atomic E-state index is 5.76. The van der Waals surface area contributed by atoms with Gasteiger partial charge in [-0.3, -0.25) is 0 Å². The van der Waals surface area contributed by atoms with Crippen molar-refractivity contribution < 1.29 is 4.74 Å². The number of pyridine rings is 1. The van der Waals surface area contributed by atoms with E-state index >= 15 is 0 Å². The van der Waals surface area contributed by atoms with Gasteiger partial charge in [-0.2, -0.15) is 0 Å². The van der Waals surface area contributed by atoms with E-state index in [4.69, 9.17) is 10.5 Å². The number of nitrogen functional groups attached to an aromatic ring is 1. The first kappa shape index (κ1) is 14.3. The molecule has 3 N–H and O–H groups in total. The highest BCUT2D eigenvalue weighted by Crippen LogP contribution is 2.22. The van der Waals surface area contributed by atoms with Gasteiger partial charge in [0.05, 0.1) is 0 Å². The second kappa shape index (κ2) is 7.46. The average Bonchev–Trinajstić information content (AvgIpc) is 2.44. The van der Waals surface area contributed by atoms with Gasteiger partial charge in [0.1, 0.15) is 5.82 Å². The maximum atomic E-state index is 5.76. The predicted octanol–water partition coefficient (Wildman–Crippen LogP) is 2.00. The second-order valence-electron chi connectivity index (χ2n) is 5.30. The minimum Gasteiger partial charge on any atom is -0.384 e. The van der Waals surface area contributed by atoms with Gasteiger partial charge in [0, 0.05) is 25.5 Å². The number of nitrogens with one attached hydrogen (secondary N) is 1. The number of hydrogen-bond acceptors (Lipinski definition) is 4. The van der Waals surface area contributed by atoms with Crippen LogP contribution in [-0.4, -0.2) is 30.8 Å². The molecule has 1 aliphatic rings. The molecule has 1 saturated heterocycles. The van der Waals surface area contributed by atoms with Crippen molar-refractivity contribution in [1.82, 2.24) is 10.3 Å². The number of nitrogens with two attached hydrogens (primary N) is 1. The zero-order chi connectivity index (χ0) is 13.5. The molecule has 1 fully saturated rings. The molecule has 1 aromatic heterocycles. The molecule has 0 radical (unpaired) electrons. The van der Waals surface area contributed by atoms with Gasteiger partial charge in [0.25, 0.3) is 0 Å². The quantitative estimate of drug-likeness (QED) is 0.824. The molecule has 0 aromatic carbocycles. The second-order valence-corrected chi connectivity index (χ2v) is 5.30. The number of rotatable bonds is 6. The van der Waals surface area contributed by atoms with Crippen LogP contribution >= 0.6 is 0 Å². The SMILES string of the molecule is CCCNC(Cc1ccnc(N)c1)C1CCOCC1. The summed E-state index contributed by atoms with van der Waals surface area (Å²) in [5, 5.41) is 3.69. The molecule has 2 rings (SSSR count). The highest BCUT2D eigenvalue weighted by molar-refractivity contribution is 5.32. The Labute approximate surface area is 115 Å². The monoisotopic (exact) mass is 263 g/mol. The van der Waals surface area contributed by atoms with Crippen LogP contribution in [0.3, 0.4) is 0 Å². The zero-order valence-corrected chi connectivity index (χ0v) is 11.8. The first-order valence-electron chi connectivity index (χ1n) is 7.31. The topological polar surface area (TPSA) is 60.2 Å². The van der Waals surface area contributed by atoms with Gasteiger partial charge in [-0.1, -0.05) is 6.92 Å². The van der Waals surface area contributed by atoms with E-state index in [1.807, 2.05) is 6.07 Å². The van der Waals surface area contributed by atoms with Crippen LogP contribution in [0.25, 0.3) is 0 Å². The summed E-state index contributed by atoms with van der Waals surface area (Å²) in [5.41, 5.74) is 7.03. The van der Waals surface area contributed by atoms with Gasteiger partial charge < -0.3 is 15.8 Å². The van der Waals surface area contributed by atoms with E-state index in [9.17, 15) is 0 Å². The highest BCUT2D eigenvalue weighted by atomic mass is 16.5. The van der Waals surface area contributed by atoms with Crippen molar-refractivity contribution in [2.24, 2.45) is 5.92 Å². The number of anilines is 1. The first-order chi connectivity index (χ1) is 9.29. The summed E-state index contributed by atoms with van der Waals surface area (Å²) in [7, 11) is 0. The Morgan fingerprint density at radius 3 is 2.95 bits per heavy atom. The molecule has 19 heavy (non-hydrogen) atoms. The Hall–Kier alpha value is -1.13. The van der Waals surface area contributed by atoms with Gasteiger partial charge in [-0.25, -0.2) is 4.98 Å². The molecule has 0 bridgehead atoms. The van der Waals surface area contributed by atoms with Crippen molar-refractivity contribution in [2.75, 3.05) is 25.5 Å². The third kappa shape index (κ3) is 4.48. The molecule has 2 heterocycles. The first-order valence-corrected chi connectivity index (χ1v) is 7.31. The largest absolute Gasteiger partial charge is 0.384 e. The Morgan fingerprint density at radius 2 is 2.26 bits per heavy atom. The summed E-state index contributed by atoms with van der Waals surface area (Å²) in [5.74, 6) is 1.31. The van der Waals surface area contributed by atoms with Crippen molar-refractivity contribution in [1.29, 1.82) is 0 Å². The van der Waals surface area contributed by atoms with E-state index in [0.717, 1.165) is 45.4 Å². The molecule has 1 atom stereocenters. The van der Waals surface area contributed by atoms with Crippen LogP contribution in [0.2, 0.25) is 0 Å². The van der Waals surface area contributed by atoms with Crippen molar-refractivity contribution in [3.8, 4) is 0 Å². The molecule has 4 heteroatoms. The summed E-state index contributed by atoms with van der Waals surface area (Å²) in [6.07, 6.45) is 6.30. The lowest BCUT2D eigenvalue weighted by Gasteiger charge is -2.31. The number of hydrogen-bond donors (Lipinski definition) is 2. The standard InChI is InChI=1S/C15H25N3O/c1-2-6-17-14(13-4-8-19-9-5-13)10-12-3-7-18-15(16)11-12/h3,7,11,13-14,17H,2,4-6,8-10H2,1H3,(H2,16,18). The molecule has 0 aliphatic carbocycles. The molecule has 0 saturated carbocycles. The number of aromatic nitrogens is 1. The zero-order valence-electron chi connectivity index (χ0n) is 11.8. The van der Waals surface area contributed by atoms with Gasteiger partial charge in [-0.05, 0) is 55.8 Å². The van der Waals surface area contributed by atoms with E-state index < -0.39 is 0 Å². The molecule has 1 aliphatic heterocycles. The normalized spacial score (nSPS) is 18.4. The molecule has 0 spiro atoms. The summed E-state index contributed by atoms with van der Waals surface area (Å²) in [4.78, 5) is 4.06. The highest BCUT2D eigenvalue weighted by Gasteiger charge is 2.23. The van der Waals surface area contributed by atoms with Crippen molar-refractivity contribution >= 4 is 5.82 Å². The maximum Gasteiger partial charge on any atom is 0.123 e. The van der Waals surface area contributed by atoms with Crippen molar-refractivity contribution in [2.45, 2.75) is 38.6 Å². The predicted molar refractivity (Wildman–Crippen MR) is 78.0 cm³/mol. The third-order valence-electron chi connectivity index (χ3n) is 3.79. The fourth-order valence-electron chi connectivity index (χ4n) is 2.73. The van der Waals surface area contributed by atoms with E-state index in [2.05, 4.69) is 23.3 Å². The Bertz CT molecular complexity index is 377.